The molecule has 128 valence electrons. The molecule has 0 fully saturated rings. The van der Waals surface area contributed by atoms with E-state index in [1.54, 1.807) is 12.1 Å². The summed E-state index contributed by atoms with van der Waals surface area (Å²) in [4.78, 5) is 12.1. The first-order valence-corrected chi connectivity index (χ1v) is 9.35. The third kappa shape index (κ3) is 5.47. The molecule has 0 unspecified atom stereocenters. The van der Waals surface area contributed by atoms with Gasteiger partial charge >= 0.3 is 0 Å². The molecule has 2 aromatic carbocycles. The monoisotopic (exact) mass is 346 g/mol. The molecule has 24 heavy (non-hydrogen) atoms. The van der Waals surface area contributed by atoms with Crippen molar-refractivity contribution in [3.05, 3.63) is 70.8 Å². The van der Waals surface area contributed by atoms with Crippen LogP contribution in [0.2, 0.25) is 0 Å². The van der Waals surface area contributed by atoms with E-state index in [1.165, 1.54) is 7.05 Å². The highest BCUT2D eigenvalue weighted by Gasteiger charge is 2.12. The van der Waals surface area contributed by atoms with Crippen molar-refractivity contribution in [2.45, 2.75) is 25.6 Å². The van der Waals surface area contributed by atoms with Crippen molar-refractivity contribution in [2.75, 3.05) is 7.05 Å². The first kappa shape index (κ1) is 18.2. The molecule has 0 aromatic heterocycles. The van der Waals surface area contributed by atoms with Crippen molar-refractivity contribution in [3.63, 3.8) is 0 Å². The Morgan fingerprint density at radius 2 is 1.62 bits per heavy atom. The number of sulfonamides is 1. The molecule has 0 aliphatic heterocycles. The van der Waals surface area contributed by atoms with E-state index in [0.29, 0.717) is 18.5 Å². The van der Waals surface area contributed by atoms with Crippen molar-refractivity contribution in [2.24, 2.45) is 0 Å². The van der Waals surface area contributed by atoms with Gasteiger partial charge in [-0.05, 0) is 30.7 Å². The van der Waals surface area contributed by atoms with E-state index in [-0.39, 0.29) is 11.7 Å². The van der Waals surface area contributed by atoms with E-state index >= 15 is 0 Å². The second kappa shape index (κ2) is 8.08. The Bertz CT molecular complexity index is 799. The SMILES string of the molecule is CNS(=O)(=O)Cc1ccccc1CNC(=O)Cc1ccc(C)cc1. The standard InChI is InChI=1S/C18H22N2O3S/c1-14-7-9-15(10-8-14)11-18(21)20-12-16-5-3-4-6-17(16)13-24(22,23)19-2/h3-10,19H,11-13H2,1-2H3,(H,20,21). The highest BCUT2D eigenvalue weighted by atomic mass is 32.2. The van der Waals surface area contributed by atoms with Crippen molar-refractivity contribution in [3.8, 4) is 0 Å². The van der Waals surface area contributed by atoms with Gasteiger partial charge in [-0.15, -0.1) is 0 Å². The van der Waals surface area contributed by atoms with Gasteiger partial charge in [0.15, 0.2) is 0 Å². The molecular weight excluding hydrogens is 324 g/mol. The first-order valence-electron chi connectivity index (χ1n) is 7.70. The molecule has 2 aromatic rings. The summed E-state index contributed by atoms with van der Waals surface area (Å²) in [5.41, 5.74) is 3.58. The molecule has 5 nitrogen and oxygen atoms in total. The normalized spacial score (nSPS) is 11.2. The maximum Gasteiger partial charge on any atom is 0.224 e. The number of benzene rings is 2. The van der Waals surface area contributed by atoms with Gasteiger partial charge in [0, 0.05) is 6.54 Å². The summed E-state index contributed by atoms with van der Waals surface area (Å²) < 4.78 is 25.8. The fourth-order valence-electron chi connectivity index (χ4n) is 2.30. The third-order valence-corrected chi connectivity index (χ3v) is 5.05. The zero-order valence-corrected chi connectivity index (χ0v) is 14.7. The van der Waals surface area contributed by atoms with Crippen molar-refractivity contribution < 1.29 is 13.2 Å². The van der Waals surface area contributed by atoms with Crippen LogP contribution in [0, 0.1) is 6.92 Å². The molecule has 6 heteroatoms. The molecule has 0 heterocycles. The highest BCUT2D eigenvalue weighted by Crippen LogP contribution is 2.12. The number of carbonyl (C=O) groups excluding carboxylic acids is 1. The van der Waals surface area contributed by atoms with E-state index in [4.69, 9.17) is 0 Å². The predicted molar refractivity (Wildman–Crippen MR) is 94.9 cm³/mol. The summed E-state index contributed by atoms with van der Waals surface area (Å²) in [7, 11) is -1.96. The lowest BCUT2D eigenvalue weighted by atomic mass is 10.1. The van der Waals surface area contributed by atoms with Crippen LogP contribution in [-0.4, -0.2) is 21.4 Å². The minimum absolute atomic E-state index is 0.0925. The van der Waals surface area contributed by atoms with Crippen LogP contribution >= 0.6 is 0 Å². The largest absolute Gasteiger partial charge is 0.352 e. The van der Waals surface area contributed by atoms with Crippen LogP contribution in [-0.2, 0) is 33.5 Å². The van der Waals surface area contributed by atoms with Gasteiger partial charge in [-0.2, -0.15) is 0 Å². The maximum atomic E-state index is 12.1. The van der Waals surface area contributed by atoms with Crippen LogP contribution in [0.15, 0.2) is 48.5 Å². The average Bonchev–Trinajstić information content (AvgIpc) is 2.56. The van der Waals surface area contributed by atoms with E-state index in [2.05, 4.69) is 10.0 Å². The number of carbonyl (C=O) groups is 1. The van der Waals surface area contributed by atoms with Crippen LogP contribution < -0.4 is 10.0 Å². The molecule has 0 aliphatic carbocycles. The highest BCUT2D eigenvalue weighted by molar-refractivity contribution is 7.88. The number of rotatable bonds is 7. The number of hydrogen-bond donors (Lipinski definition) is 2. The molecule has 0 saturated carbocycles. The molecule has 0 aliphatic rings. The zero-order chi connectivity index (χ0) is 17.6. The summed E-state index contributed by atoms with van der Waals surface area (Å²) >= 11 is 0. The van der Waals surface area contributed by atoms with Gasteiger partial charge in [0.1, 0.15) is 0 Å². The Morgan fingerprint density at radius 3 is 2.25 bits per heavy atom. The fourth-order valence-corrected chi connectivity index (χ4v) is 3.13. The van der Waals surface area contributed by atoms with Gasteiger partial charge in [-0.3, -0.25) is 4.79 Å². The summed E-state index contributed by atoms with van der Waals surface area (Å²) in [5, 5.41) is 2.85. The molecule has 2 N–H and O–H groups in total. The number of aryl methyl sites for hydroxylation is 1. The zero-order valence-electron chi connectivity index (χ0n) is 13.9. The first-order chi connectivity index (χ1) is 11.4. The fraction of sp³-hybridized carbons (Fsp3) is 0.278. The Kier molecular flexibility index (Phi) is 6.11. The molecule has 0 atom stereocenters. The Morgan fingerprint density at radius 1 is 1.00 bits per heavy atom. The van der Waals surface area contributed by atoms with Gasteiger partial charge < -0.3 is 5.32 Å². The van der Waals surface area contributed by atoms with Crippen molar-refractivity contribution >= 4 is 15.9 Å². The van der Waals surface area contributed by atoms with Crippen molar-refractivity contribution in [1.82, 2.24) is 10.0 Å². The maximum absolute atomic E-state index is 12.1. The minimum Gasteiger partial charge on any atom is -0.352 e. The molecular formula is C18H22N2O3S. The van der Waals surface area contributed by atoms with E-state index in [0.717, 1.165) is 16.7 Å². The molecule has 0 bridgehead atoms. The van der Waals surface area contributed by atoms with Crippen LogP contribution in [0.3, 0.4) is 0 Å². The lowest BCUT2D eigenvalue weighted by molar-refractivity contribution is -0.120. The molecule has 0 radical (unpaired) electrons. The number of amides is 1. The van der Waals surface area contributed by atoms with Gasteiger partial charge in [-0.25, -0.2) is 13.1 Å². The Labute approximate surface area is 143 Å². The minimum atomic E-state index is -3.35. The third-order valence-electron chi connectivity index (χ3n) is 3.74. The average molecular weight is 346 g/mol. The van der Waals surface area contributed by atoms with Crippen LogP contribution in [0.1, 0.15) is 22.3 Å². The molecule has 2 rings (SSSR count). The lowest BCUT2D eigenvalue weighted by Gasteiger charge is -2.11. The summed E-state index contributed by atoms with van der Waals surface area (Å²) in [5.74, 6) is -0.196. The molecule has 0 spiro atoms. The topological polar surface area (TPSA) is 75.3 Å². The summed E-state index contributed by atoms with van der Waals surface area (Å²) in [6.45, 7) is 2.31. The quantitative estimate of drug-likeness (QED) is 0.804. The number of hydrogen-bond acceptors (Lipinski definition) is 3. The predicted octanol–water partition coefficient (Wildman–Crippen LogP) is 1.90. The van der Waals surface area contributed by atoms with E-state index in [1.807, 2.05) is 43.3 Å². The molecule has 1 amide bonds. The Balaban J connectivity index is 1.99. The van der Waals surface area contributed by atoms with Gasteiger partial charge in [0.2, 0.25) is 15.9 Å². The van der Waals surface area contributed by atoms with Gasteiger partial charge in [-0.1, -0.05) is 54.1 Å². The summed E-state index contributed by atoms with van der Waals surface area (Å²) in [6.07, 6.45) is 0.303. The summed E-state index contributed by atoms with van der Waals surface area (Å²) in [6, 6.07) is 15.0. The number of nitrogens with one attached hydrogen (secondary N) is 2. The van der Waals surface area contributed by atoms with E-state index < -0.39 is 10.0 Å². The Hall–Kier alpha value is -2.18. The van der Waals surface area contributed by atoms with Crippen LogP contribution in [0.25, 0.3) is 0 Å². The second-order valence-corrected chi connectivity index (χ2v) is 7.60. The second-order valence-electron chi connectivity index (χ2n) is 5.67. The van der Waals surface area contributed by atoms with Gasteiger partial charge in [0.25, 0.3) is 0 Å². The van der Waals surface area contributed by atoms with Crippen LogP contribution in [0.5, 0.6) is 0 Å². The van der Waals surface area contributed by atoms with Crippen molar-refractivity contribution in [1.29, 1.82) is 0 Å². The van der Waals surface area contributed by atoms with Crippen LogP contribution in [0.4, 0.5) is 0 Å². The smallest absolute Gasteiger partial charge is 0.224 e. The lowest BCUT2D eigenvalue weighted by Crippen LogP contribution is -2.26. The van der Waals surface area contributed by atoms with E-state index in [9.17, 15) is 13.2 Å². The molecule has 0 saturated heterocycles. The van der Waals surface area contributed by atoms with Gasteiger partial charge in [0.05, 0.1) is 12.2 Å².